The van der Waals surface area contributed by atoms with E-state index < -0.39 is 0 Å². The van der Waals surface area contributed by atoms with Crippen molar-refractivity contribution in [1.82, 2.24) is 10.2 Å². The summed E-state index contributed by atoms with van der Waals surface area (Å²) in [6.07, 6.45) is 1.57. The Bertz CT molecular complexity index is 294. The third kappa shape index (κ3) is 5.20. The molecule has 1 N–H and O–H groups in total. The molecular formula is C13H24N2O2. The summed E-state index contributed by atoms with van der Waals surface area (Å²) in [5, 5.41) is 2.73. The maximum Gasteiger partial charge on any atom is 0.239 e. The fourth-order valence-electron chi connectivity index (χ4n) is 2.40. The maximum absolute atomic E-state index is 12.0. The highest BCUT2D eigenvalue weighted by Crippen LogP contribution is 2.26. The molecule has 0 aromatic carbocycles. The number of nitrogens with one attached hydrogen (secondary N) is 1. The summed E-state index contributed by atoms with van der Waals surface area (Å²) >= 11 is 0. The Hall–Kier alpha value is -1.06. The van der Waals surface area contributed by atoms with Gasteiger partial charge in [0.25, 0.3) is 0 Å². The van der Waals surface area contributed by atoms with Gasteiger partial charge in [-0.2, -0.15) is 0 Å². The van der Waals surface area contributed by atoms with E-state index in [1.54, 1.807) is 4.90 Å². The lowest BCUT2D eigenvalue weighted by atomic mass is 9.84. The summed E-state index contributed by atoms with van der Waals surface area (Å²) in [5.74, 6) is 0.428. The lowest BCUT2D eigenvalue weighted by Crippen LogP contribution is -2.50. The summed E-state index contributed by atoms with van der Waals surface area (Å²) < 4.78 is 0. The van der Waals surface area contributed by atoms with Gasteiger partial charge < -0.3 is 10.2 Å². The average Bonchev–Trinajstić information content (AvgIpc) is 2.14. The largest absolute Gasteiger partial charge is 0.353 e. The molecule has 1 unspecified atom stereocenters. The van der Waals surface area contributed by atoms with Crippen molar-refractivity contribution in [3.05, 3.63) is 0 Å². The second-order valence-electron chi connectivity index (χ2n) is 6.24. The molecule has 0 saturated carbocycles. The van der Waals surface area contributed by atoms with Gasteiger partial charge in [0.15, 0.2) is 0 Å². The van der Waals surface area contributed by atoms with Crippen LogP contribution in [0.25, 0.3) is 0 Å². The minimum absolute atomic E-state index is 0.0481. The number of nitrogens with zero attached hydrogens (tertiary/aromatic N) is 1. The van der Waals surface area contributed by atoms with Crippen molar-refractivity contribution in [2.75, 3.05) is 19.6 Å². The predicted molar refractivity (Wildman–Crippen MR) is 67.4 cm³/mol. The van der Waals surface area contributed by atoms with Crippen molar-refractivity contribution in [3.8, 4) is 0 Å². The van der Waals surface area contributed by atoms with E-state index in [0.29, 0.717) is 25.4 Å². The Balaban J connectivity index is 2.40. The van der Waals surface area contributed by atoms with Crippen LogP contribution in [0.2, 0.25) is 0 Å². The van der Waals surface area contributed by atoms with E-state index >= 15 is 0 Å². The molecule has 1 rings (SSSR count). The van der Waals surface area contributed by atoms with Crippen LogP contribution in [-0.2, 0) is 9.59 Å². The SMILES string of the molecule is CC(CC(=O)N1CCNC(=O)C1)CC(C)(C)C. The van der Waals surface area contributed by atoms with E-state index in [9.17, 15) is 9.59 Å². The summed E-state index contributed by atoms with van der Waals surface area (Å²) in [6.45, 7) is 10.1. The zero-order valence-electron chi connectivity index (χ0n) is 11.4. The van der Waals surface area contributed by atoms with Gasteiger partial charge in [-0.25, -0.2) is 0 Å². The molecule has 4 nitrogen and oxygen atoms in total. The molecule has 1 heterocycles. The van der Waals surface area contributed by atoms with Crippen LogP contribution >= 0.6 is 0 Å². The highest BCUT2D eigenvalue weighted by Gasteiger charge is 2.24. The van der Waals surface area contributed by atoms with E-state index in [-0.39, 0.29) is 23.8 Å². The van der Waals surface area contributed by atoms with Gasteiger partial charge in [-0.05, 0) is 17.8 Å². The van der Waals surface area contributed by atoms with Crippen molar-refractivity contribution in [3.63, 3.8) is 0 Å². The lowest BCUT2D eigenvalue weighted by molar-refractivity contribution is -0.139. The fourth-order valence-corrected chi connectivity index (χ4v) is 2.40. The van der Waals surface area contributed by atoms with Crippen molar-refractivity contribution in [1.29, 1.82) is 0 Å². The van der Waals surface area contributed by atoms with Crippen LogP contribution in [0.1, 0.15) is 40.5 Å². The first kappa shape index (κ1) is 14.0. The van der Waals surface area contributed by atoms with Gasteiger partial charge in [0.2, 0.25) is 11.8 Å². The van der Waals surface area contributed by atoms with Crippen LogP contribution in [0.3, 0.4) is 0 Å². The molecule has 0 aromatic rings. The monoisotopic (exact) mass is 240 g/mol. The second-order valence-corrected chi connectivity index (χ2v) is 6.24. The van der Waals surface area contributed by atoms with E-state index in [4.69, 9.17) is 0 Å². The van der Waals surface area contributed by atoms with Gasteiger partial charge in [-0.15, -0.1) is 0 Å². The van der Waals surface area contributed by atoms with Crippen LogP contribution in [0.5, 0.6) is 0 Å². The lowest BCUT2D eigenvalue weighted by Gasteiger charge is -2.29. The molecule has 0 spiro atoms. The molecule has 1 fully saturated rings. The second kappa shape index (κ2) is 5.52. The number of hydrogen-bond acceptors (Lipinski definition) is 2. The van der Waals surface area contributed by atoms with Crippen LogP contribution in [0.4, 0.5) is 0 Å². The Morgan fingerprint density at radius 3 is 2.65 bits per heavy atom. The highest BCUT2D eigenvalue weighted by atomic mass is 16.2. The van der Waals surface area contributed by atoms with Crippen LogP contribution < -0.4 is 5.32 Å². The molecule has 0 aromatic heterocycles. The number of hydrogen-bond donors (Lipinski definition) is 1. The van der Waals surface area contributed by atoms with Crippen molar-refractivity contribution >= 4 is 11.8 Å². The number of amides is 2. The quantitative estimate of drug-likeness (QED) is 0.811. The molecule has 4 heteroatoms. The molecule has 0 radical (unpaired) electrons. The Morgan fingerprint density at radius 2 is 2.12 bits per heavy atom. The van der Waals surface area contributed by atoms with Crippen LogP contribution in [0.15, 0.2) is 0 Å². The first-order valence-electron chi connectivity index (χ1n) is 6.32. The van der Waals surface area contributed by atoms with Gasteiger partial charge in [-0.3, -0.25) is 9.59 Å². The molecule has 0 aliphatic carbocycles. The third-order valence-electron chi connectivity index (χ3n) is 2.87. The number of carbonyl (C=O) groups excluding carboxylic acids is 2. The molecule has 2 amide bonds. The highest BCUT2D eigenvalue weighted by molar-refractivity contribution is 5.85. The number of piperazine rings is 1. The van der Waals surface area contributed by atoms with Crippen molar-refractivity contribution in [2.24, 2.45) is 11.3 Å². The van der Waals surface area contributed by atoms with Gasteiger partial charge in [0.05, 0.1) is 6.54 Å². The fraction of sp³-hybridized carbons (Fsp3) is 0.846. The zero-order chi connectivity index (χ0) is 13.1. The first-order chi connectivity index (χ1) is 7.78. The average molecular weight is 240 g/mol. The van der Waals surface area contributed by atoms with Gasteiger partial charge >= 0.3 is 0 Å². The maximum atomic E-state index is 12.0. The molecule has 17 heavy (non-hydrogen) atoms. The van der Waals surface area contributed by atoms with E-state index in [1.165, 1.54) is 0 Å². The summed E-state index contributed by atoms with van der Waals surface area (Å²) in [7, 11) is 0. The van der Waals surface area contributed by atoms with Gasteiger partial charge in [0.1, 0.15) is 0 Å². The molecule has 0 bridgehead atoms. The van der Waals surface area contributed by atoms with E-state index in [2.05, 4.69) is 33.0 Å². The molecule has 1 saturated heterocycles. The summed E-state index contributed by atoms with van der Waals surface area (Å²) in [4.78, 5) is 24.8. The Kier molecular flexibility index (Phi) is 4.54. The molecule has 98 valence electrons. The van der Waals surface area contributed by atoms with Crippen molar-refractivity contribution in [2.45, 2.75) is 40.5 Å². The summed E-state index contributed by atoms with van der Waals surface area (Å²) in [6, 6.07) is 0. The topological polar surface area (TPSA) is 49.4 Å². The van der Waals surface area contributed by atoms with E-state index in [1.807, 2.05) is 0 Å². The standard InChI is InChI=1S/C13H24N2O2/c1-10(8-13(2,3)4)7-12(17)15-6-5-14-11(16)9-15/h10H,5-9H2,1-4H3,(H,14,16). The normalized spacial score (nSPS) is 18.8. The molecule has 1 aliphatic rings. The Morgan fingerprint density at radius 1 is 1.47 bits per heavy atom. The third-order valence-corrected chi connectivity index (χ3v) is 2.87. The number of carbonyl (C=O) groups is 2. The minimum atomic E-state index is -0.0481. The van der Waals surface area contributed by atoms with E-state index in [0.717, 1.165) is 6.42 Å². The predicted octanol–water partition coefficient (Wildman–Crippen LogP) is 1.41. The van der Waals surface area contributed by atoms with Crippen LogP contribution in [-0.4, -0.2) is 36.3 Å². The van der Waals surface area contributed by atoms with Gasteiger partial charge in [-0.1, -0.05) is 27.7 Å². The Labute approximate surface area is 104 Å². The summed E-state index contributed by atoms with van der Waals surface area (Å²) in [5.41, 5.74) is 0.249. The van der Waals surface area contributed by atoms with Crippen molar-refractivity contribution < 1.29 is 9.59 Å². The molecule has 1 aliphatic heterocycles. The van der Waals surface area contributed by atoms with Gasteiger partial charge in [0, 0.05) is 19.5 Å². The molecular weight excluding hydrogens is 216 g/mol. The number of rotatable bonds is 3. The smallest absolute Gasteiger partial charge is 0.239 e. The van der Waals surface area contributed by atoms with Crippen LogP contribution in [0, 0.1) is 11.3 Å². The minimum Gasteiger partial charge on any atom is -0.353 e. The molecule has 1 atom stereocenters. The zero-order valence-corrected chi connectivity index (χ0v) is 11.4. The first-order valence-corrected chi connectivity index (χ1v) is 6.32.